The fraction of sp³-hybridized carbons (Fsp3) is 0.0952. The van der Waals surface area contributed by atoms with Gasteiger partial charge in [-0.15, -0.1) is 11.3 Å². The summed E-state index contributed by atoms with van der Waals surface area (Å²) in [5.74, 6) is -1.27. The number of nitrogens with zero attached hydrogens (tertiary/aromatic N) is 1. The largest absolute Gasteiger partial charge is 0.333 e. The van der Waals surface area contributed by atoms with Gasteiger partial charge in [0.2, 0.25) is 15.9 Å². The van der Waals surface area contributed by atoms with E-state index in [4.69, 9.17) is 16.7 Å². The number of hydrogen-bond donors (Lipinski definition) is 3. The second-order valence-electron chi connectivity index (χ2n) is 7.70. The van der Waals surface area contributed by atoms with Gasteiger partial charge in [0.15, 0.2) is 0 Å². The van der Waals surface area contributed by atoms with Gasteiger partial charge in [0, 0.05) is 11.3 Å². The van der Waals surface area contributed by atoms with Crippen molar-refractivity contribution < 1.29 is 31.2 Å². The van der Waals surface area contributed by atoms with Crippen LogP contribution in [0.1, 0.15) is 21.5 Å². The maximum atomic E-state index is 13.0. The lowest BCUT2D eigenvalue weighted by Gasteiger charge is -2.27. The van der Waals surface area contributed by atoms with Crippen LogP contribution in [0.5, 0.6) is 0 Å². The fourth-order valence-electron chi connectivity index (χ4n) is 3.41. The third-order valence-corrected chi connectivity index (χ3v) is 9.42. The van der Waals surface area contributed by atoms with E-state index in [-0.39, 0.29) is 36.8 Å². The fourth-order valence-corrected chi connectivity index (χ4v) is 6.56. The Morgan fingerprint density at radius 2 is 1.72 bits per heavy atom. The van der Waals surface area contributed by atoms with E-state index in [2.05, 4.69) is 5.32 Å². The van der Waals surface area contributed by atoms with Crippen molar-refractivity contribution in [2.45, 2.75) is 22.4 Å². The maximum absolute atomic E-state index is 13.0. The lowest BCUT2D eigenvalue weighted by Crippen LogP contribution is -2.42. The highest BCUT2D eigenvalue weighted by Gasteiger charge is 2.33. The van der Waals surface area contributed by atoms with E-state index in [1.807, 2.05) is 4.72 Å². The first kappa shape index (κ1) is 25.8. The lowest BCUT2D eigenvalue weighted by molar-refractivity contribution is -0.117. The number of imide groups is 1. The predicted molar refractivity (Wildman–Crippen MR) is 133 cm³/mol. The van der Waals surface area contributed by atoms with E-state index in [9.17, 15) is 31.2 Å². The number of halogens is 1. The molecule has 0 radical (unpaired) electrons. The number of anilines is 2. The van der Waals surface area contributed by atoms with Gasteiger partial charge in [0.1, 0.15) is 4.21 Å². The van der Waals surface area contributed by atoms with Crippen LogP contribution < -0.4 is 20.1 Å². The first-order valence-corrected chi connectivity index (χ1v) is 14.2. The summed E-state index contributed by atoms with van der Waals surface area (Å²) in [6, 6.07) is 9.50. The Hall–Kier alpha value is -3.30. The number of rotatable bonds is 5. The van der Waals surface area contributed by atoms with Crippen molar-refractivity contribution >= 4 is 72.2 Å². The minimum absolute atomic E-state index is 0.0248. The molecule has 4 rings (SSSR count). The van der Waals surface area contributed by atoms with E-state index in [0.29, 0.717) is 11.1 Å². The van der Waals surface area contributed by atoms with Gasteiger partial charge in [-0.05, 0) is 60.5 Å². The number of amides is 4. The highest BCUT2D eigenvalue weighted by Crippen LogP contribution is 2.30. The van der Waals surface area contributed by atoms with Gasteiger partial charge < -0.3 is 5.32 Å². The molecule has 0 fully saturated rings. The lowest BCUT2D eigenvalue weighted by atomic mass is 9.98. The molecular weight excluding hydrogens is 552 g/mol. The van der Waals surface area contributed by atoms with E-state index in [0.717, 1.165) is 22.3 Å². The average Bonchev–Trinajstić information content (AvgIpc) is 3.13. The molecule has 36 heavy (non-hydrogen) atoms. The van der Waals surface area contributed by atoms with Gasteiger partial charge in [-0.1, -0.05) is 17.7 Å². The highest BCUT2D eigenvalue weighted by atomic mass is 35.5. The normalized spacial score (nSPS) is 13.9. The second kappa shape index (κ2) is 9.29. The Bertz CT molecular complexity index is 1610. The molecule has 11 nitrogen and oxygen atoms in total. The summed E-state index contributed by atoms with van der Waals surface area (Å²) in [7, 11) is -8.20. The minimum Gasteiger partial charge on any atom is -0.307 e. The van der Waals surface area contributed by atoms with Crippen LogP contribution in [-0.2, 0) is 31.3 Å². The third kappa shape index (κ3) is 5.12. The summed E-state index contributed by atoms with van der Waals surface area (Å²) >= 11 is 6.71. The van der Waals surface area contributed by atoms with Crippen molar-refractivity contribution in [3.05, 3.63) is 69.6 Å². The Balaban J connectivity index is 1.51. The standard InChI is InChI=1S/C21H17ClN4O7S3/c1-11-8-18(34-19(11)22)36(32,33)25-21(29)24-13-3-5-14(6-4-13)26-17(27)9-12-2-7-15(35(23,30)31)10-16(12)20(26)28/h2-8,10H,9H2,1H3,(H2,23,30,31)(H2,24,25,29). The molecule has 4 amide bonds. The monoisotopic (exact) mass is 568 g/mol. The highest BCUT2D eigenvalue weighted by molar-refractivity contribution is 7.92. The van der Waals surface area contributed by atoms with Crippen molar-refractivity contribution in [1.82, 2.24) is 4.72 Å². The van der Waals surface area contributed by atoms with Crippen molar-refractivity contribution in [2.24, 2.45) is 5.14 Å². The molecule has 0 aliphatic carbocycles. The van der Waals surface area contributed by atoms with Crippen LogP contribution in [0.2, 0.25) is 4.34 Å². The molecule has 2 aromatic carbocycles. The van der Waals surface area contributed by atoms with Crippen LogP contribution in [0.15, 0.2) is 57.6 Å². The van der Waals surface area contributed by atoms with Crippen LogP contribution in [0.4, 0.5) is 16.2 Å². The summed E-state index contributed by atoms with van der Waals surface area (Å²) in [5, 5.41) is 7.50. The first-order chi connectivity index (χ1) is 16.8. The summed E-state index contributed by atoms with van der Waals surface area (Å²) in [6.45, 7) is 1.63. The molecule has 188 valence electrons. The number of primary sulfonamides is 1. The zero-order valence-corrected chi connectivity index (χ0v) is 21.5. The molecule has 15 heteroatoms. The number of carbonyl (C=O) groups is 3. The van der Waals surface area contributed by atoms with E-state index < -0.39 is 37.9 Å². The van der Waals surface area contributed by atoms with Crippen molar-refractivity contribution in [3.8, 4) is 0 Å². The van der Waals surface area contributed by atoms with Crippen molar-refractivity contribution in [2.75, 3.05) is 10.2 Å². The summed E-state index contributed by atoms with van der Waals surface area (Å²) in [6.07, 6.45) is -0.140. The van der Waals surface area contributed by atoms with Crippen LogP contribution in [0.25, 0.3) is 0 Å². The number of urea groups is 1. The van der Waals surface area contributed by atoms with Gasteiger partial charge in [-0.25, -0.2) is 36.4 Å². The van der Waals surface area contributed by atoms with Crippen LogP contribution >= 0.6 is 22.9 Å². The molecule has 4 N–H and O–H groups in total. The van der Waals surface area contributed by atoms with Gasteiger partial charge in [0.05, 0.1) is 21.3 Å². The number of thiophene rings is 1. The topological polar surface area (TPSA) is 173 Å². The van der Waals surface area contributed by atoms with Gasteiger partial charge in [0.25, 0.3) is 15.9 Å². The molecule has 1 aliphatic heterocycles. The Kier molecular flexibility index (Phi) is 6.66. The Labute approximate surface area is 215 Å². The number of carbonyl (C=O) groups excluding carboxylic acids is 3. The van der Waals surface area contributed by atoms with E-state index in [1.54, 1.807) is 6.92 Å². The number of hydrogen-bond acceptors (Lipinski definition) is 8. The number of nitrogens with two attached hydrogens (primary N) is 1. The number of nitrogens with one attached hydrogen (secondary N) is 2. The molecule has 0 atom stereocenters. The molecule has 3 aromatic rings. The molecule has 2 heterocycles. The number of aryl methyl sites for hydroxylation is 1. The zero-order chi connectivity index (χ0) is 26.4. The third-order valence-electron chi connectivity index (χ3n) is 5.14. The van der Waals surface area contributed by atoms with Gasteiger partial charge in [-0.3, -0.25) is 9.59 Å². The second-order valence-corrected chi connectivity index (χ2v) is 12.8. The smallest absolute Gasteiger partial charge is 0.307 e. The Morgan fingerprint density at radius 3 is 2.31 bits per heavy atom. The number of fused-ring (bicyclic) bond motifs is 1. The molecule has 0 bridgehead atoms. The minimum atomic E-state index is -4.14. The quantitative estimate of drug-likeness (QED) is 0.397. The van der Waals surface area contributed by atoms with Crippen LogP contribution in [0.3, 0.4) is 0 Å². The molecular formula is C21H17ClN4O7S3. The Morgan fingerprint density at radius 1 is 1.06 bits per heavy atom. The van der Waals surface area contributed by atoms with Crippen LogP contribution in [-0.4, -0.2) is 34.7 Å². The molecule has 1 aromatic heterocycles. The van der Waals surface area contributed by atoms with Crippen molar-refractivity contribution in [1.29, 1.82) is 0 Å². The summed E-state index contributed by atoms with van der Waals surface area (Å²) < 4.78 is 50.1. The molecule has 0 saturated carbocycles. The molecule has 0 unspecified atom stereocenters. The summed E-state index contributed by atoms with van der Waals surface area (Å²) in [5.41, 5.74) is 1.30. The SMILES string of the molecule is Cc1cc(S(=O)(=O)NC(=O)Nc2ccc(N3C(=O)Cc4ccc(S(N)(=O)=O)cc4C3=O)cc2)sc1Cl. The van der Waals surface area contributed by atoms with E-state index in [1.165, 1.54) is 42.5 Å². The van der Waals surface area contributed by atoms with Gasteiger partial charge in [-0.2, -0.15) is 0 Å². The molecule has 1 aliphatic rings. The van der Waals surface area contributed by atoms with Crippen LogP contribution in [0, 0.1) is 6.92 Å². The predicted octanol–water partition coefficient (Wildman–Crippen LogP) is 2.60. The van der Waals surface area contributed by atoms with E-state index >= 15 is 0 Å². The average molecular weight is 569 g/mol. The van der Waals surface area contributed by atoms with Gasteiger partial charge >= 0.3 is 6.03 Å². The molecule has 0 spiro atoms. The summed E-state index contributed by atoms with van der Waals surface area (Å²) in [4.78, 5) is 38.5. The first-order valence-electron chi connectivity index (χ1n) is 9.99. The zero-order valence-electron chi connectivity index (χ0n) is 18.3. The molecule has 0 saturated heterocycles. The van der Waals surface area contributed by atoms with Crippen molar-refractivity contribution in [3.63, 3.8) is 0 Å². The number of sulfonamides is 2. The maximum Gasteiger partial charge on any atom is 0.333 e. The number of benzene rings is 2.